The monoisotopic (exact) mass is 521 g/mol. The van der Waals surface area contributed by atoms with Gasteiger partial charge in [-0.15, -0.1) is 11.3 Å². The number of para-hydroxylation sites is 1. The van der Waals surface area contributed by atoms with Crippen LogP contribution in [0.1, 0.15) is 34.2 Å². The largest absolute Gasteiger partial charge is 0.488 e. The minimum Gasteiger partial charge on any atom is -0.488 e. The van der Waals surface area contributed by atoms with Crippen molar-refractivity contribution in [3.8, 4) is 17.0 Å². The van der Waals surface area contributed by atoms with Gasteiger partial charge in [-0.25, -0.2) is 4.98 Å². The standard InChI is InChI=1S/C29H35N3O4S/c1-18-6-5-7-24(27(18)36-15-20-10-19(2)25-13-30-9-8-21(25)11-20)26-17-37-29(31-26)32-14-22(28(33)35-4)12-23(32)16-34-3/h5-7,10-11,17,22-23,30H,8-9,12-16H2,1-4H3. The summed E-state index contributed by atoms with van der Waals surface area (Å²) < 4.78 is 16.9. The van der Waals surface area contributed by atoms with Crippen LogP contribution >= 0.6 is 11.3 Å². The van der Waals surface area contributed by atoms with Gasteiger partial charge in [0.25, 0.3) is 0 Å². The Bertz CT molecular complexity index is 1270. The molecule has 1 N–H and O–H groups in total. The average molecular weight is 522 g/mol. The first-order chi connectivity index (χ1) is 18.0. The second-order valence-corrected chi connectivity index (χ2v) is 10.8. The summed E-state index contributed by atoms with van der Waals surface area (Å²) in [6.45, 7) is 7.86. The van der Waals surface area contributed by atoms with Gasteiger partial charge < -0.3 is 24.4 Å². The van der Waals surface area contributed by atoms with Gasteiger partial charge in [0, 0.05) is 31.1 Å². The number of benzene rings is 2. The highest BCUT2D eigenvalue weighted by atomic mass is 32.1. The average Bonchev–Trinajstić information content (AvgIpc) is 3.55. The third kappa shape index (κ3) is 5.37. The summed E-state index contributed by atoms with van der Waals surface area (Å²) in [6, 6.07) is 10.8. The van der Waals surface area contributed by atoms with E-state index in [2.05, 4.69) is 53.7 Å². The molecule has 0 saturated carbocycles. The number of carbonyl (C=O) groups is 1. The van der Waals surface area contributed by atoms with E-state index in [0.29, 0.717) is 26.2 Å². The highest BCUT2D eigenvalue weighted by Crippen LogP contribution is 2.38. The Hall–Kier alpha value is -2.94. The van der Waals surface area contributed by atoms with E-state index in [1.165, 1.54) is 29.4 Å². The van der Waals surface area contributed by atoms with E-state index < -0.39 is 0 Å². The van der Waals surface area contributed by atoms with Crippen LogP contribution < -0.4 is 15.0 Å². The summed E-state index contributed by atoms with van der Waals surface area (Å²) in [5.41, 5.74) is 8.30. The van der Waals surface area contributed by atoms with Crippen LogP contribution in [0.5, 0.6) is 5.75 Å². The van der Waals surface area contributed by atoms with Crippen molar-refractivity contribution in [1.29, 1.82) is 0 Å². The van der Waals surface area contributed by atoms with E-state index in [9.17, 15) is 4.79 Å². The molecule has 0 bridgehead atoms. The second-order valence-electron chi connectivity index (χ2n) is 9.95. The number of rotatable bonds is 8. The molecule has 2 unspecified atom stereocenters. The molecule has 5 rings (SSSR count). The number of nitrogens with zero attached hydrogens (tertiary/aromatic N) is 2. The second kappa shape index (κ2) is 11.2. The molecule has 7 nitrogen and oxygen atoms in total. The maximum absolute atomic E-state index is 12.2. The fourth-order valence-electron chi connectivity index (χ4n) is 5.53. The number of hydrogen-bond donors (Lipinski definition) is 1. The third-order valence-corrected chi connectivity index (χ3v) is 8.29. The van der Waals surface area contributed by atoms with Crippen LogP contribution in [-0.4, -0.2) is 50.9 Å². The molecular weight excluding hydrogens is 486 g/mol. The van der Waals surface area contributed by atoms with Gasteiger partial charge in [0.1, 0.15) is 12.4 Å². The number of nitrogens with one attached hydrogen (secondary N) is 1. The molecule has 37 heavy (non-hydrogen) atoms. The van der Waals surface area contributed by atoms with Crippen LogP contribution in [0.4, 0.5) is 5.13 Å². The number of hydrogen-bond acceptors (Lipinski definition) is 8. The van der Waals surface area contributed by atoms with Gasteiger partial charge in [0.05, 0.1) is 31.4 Å². The van der Waals surface area contributed by atoms with Crippen molar-refractivity contribution in [2.24, 2.45) is 5.92 Å². The summed E-state index contributed by atoms with van der Waals surface area (Å²) in [4.78, 5) is 19.4. The van der Waals surface area contributed by atoms with Crippen molar-refractivity contribution in [1.82, 2.24) is 10.3 Å². The quantitative estimate of drug-likeness (QED) is 0.432. The van der Waals surface area contributed by atoms with Gasteiger partial charge in [-0.1, -0.05) is 24.3 Å². The molecule has 1 saturated heterocycles. The highest BCUT2D eigenvalue weighted by molar-refractivity contribution is 7.14. The number of thiazole rings is 1. The number of methoxy groups -OCH3 is 2. The van der Waals surface area contributed by atoms with E-state index in [4.69, 9.17) is 19.2 Å². The number of aryl methyl sites for hydroxylation is 2. The molecule has 3 heterocycles. The lowest BCUT2D eigenvalue weighted by Gasteiger charge is -2.23. The molecule has 196 valence electrons. The van der Waals surface area contributed by atoms with Crippen LogP contribution in [0.3, 0.4) is 0 Å². The Morgan fingerprint density at radius 2 is 2.08 bits per heavy atom. The Kier molecular flexibility index (Phi) is 7.79. The number of fused-ring (bicyclic) bond motifs is 1. The molecule has 2 aliphatic heterocycles. The number of carbonyl (C=O) groups excluding carboxylic acids is 1. The molecule has 0 radical (unpaired) electrons. The molecule has 8 heteroatoms. The highest BCUT2D eigenvalue weighted by Gasteiger charge is 2.38. The predicted octanol–water partition coefficient (Wildman–Crippen LogP) is 4.67. The minimum absolute atomic E-state index is 0.0868. The van der Waals surface area contributed by atoms with Crippen LogP contribution in [0.2, 0.25) is 0 Å². The van der Waals surface area contributed by atoms with Crippen LogP contribution in [0, 0.1) is 19.8 Å². The number of anilines is 1. The summed E-state index contributed by atoms with van der Waals surface area (Å²) in [6.07, 6.45) is 1.75. The van der Waals surface area contributed by atoms with Crippen LogP contribution in [0.15, 0.2) is 35.7 Å². The van der Waals surface area contributed by atoms with Gasteiger partial charge in [0.15, 0.2) is 5.13 Å². The van der Waals surface area contributed by atoms with Crippen molar-refractivity contribution >= 4 is 22.4 Å². The van der Waals surface area contributed by atoms with Gasteiger partial charge in [0.2, 0.25) is 0 Å². The molecule has 0 amide bonds. The fraction of sp³-hybridized carbons (Fsp3) is 0.448. The van der Waals surface area contributed by atoms with Crippen LogP contribution in [0.25, 0.3) is 11.3 Å². The topological polar surface area (TPSA) is 72.9 Å². The van der Waals surface area contributed by atoms with Gasteiger partial charge in [-0.3, -0.25) is 4.79 Å². The van der Waals surface area contributed by atoms with E-state index in [0.717, 1.165) is 47.2 Å². The van der Waals surface area contributed by atoms with Crippen molar-refractivity contribution in [2.45, 2.75) is 45.9 Å². The lowest BCUT2D eigenvalue weighted by atomic mass is 9.94. The lowest BCUT2D eigenvalue weighted by Crippen LogP contribution is -2.33. The molecule has 2 atom stereocenters. The molecule has 0 aliphatic carbocycles. The molecule has 2 aromatic carbocycles. The fourth-order valence-corrected chi connectivity index (χ4v) is 6.43. The van der Waals surface area contributed by atoms with Gasteiger partial charge >= 0.3 is 5.97 Å². The maximum atomic E-state index is 12.2. The van der Waals surface area contributed by atoms with Crippen molar-refractivity contribution in [2.75, 3.05) is 38.8 Å². The van der Waals surface area contributed by atoms with E-state index >= 15 is 0 Å². The number of esters is 1. The molecule has 1 fully saturated rings. The van der Waals surface area contributed by atoms with Gasteiger partial charge in [-0.2, -0.15) is 0 Å². The Labute approximate surface area is 222 Å². The maximum Gasteiger partial charge on any atom is 0.310 e. The molecule has 3 aromatic rings. The smallest absolute Gasteiger partial charge is 0.310 e. The normalized spacial score (nSPS) is 19.1. The Balaban J connectivity index is 1.38. The van der Waals surface area contributed by atoms with Crippen molar-refractivity contribution in [3.63, 3.8) is 0 Å². The molecule has 1 aromatic heterocycles. The first-order valence-electron chi connectivity index (χ1n) is 12.8. The summed E-state index contributed by atoms with van der Waals surface area (Å²) in [7, 11) is 3.13. The SMILES string of the molecule is COCC1CC(C(=O)OC)CN1c1nc(-c2cccc(C)c2OCc2cc(C)c3c(c2)CCNC3)cs1. The zero-order valence-electron chi connectivity index (χ0n) is 22.0. The molecule has 0 spiro atoms. The lowest BCUT2D eigenvalue weighted by molar-refractivity contribution is -0.144. The molecule has 2 aliphatic rings. The van der Waals surface area contributed by atoms with Gasteiger partial charge in [-0.05, 0) is 67.1 Å². The third-order valence-electron chi connectivity index (χ3n) is 7.41. The first kappa shape index (κ1) is 25.7. The first-order valence-corrected chi connectivity index (χ1v) is 13.7. The summed E-state index contributed by atoms with van der Waals surface area (Å²) in [5.74, 6) is 0.508. The Morgan fingerprint density at radius 3 is 2.89 bits per heavy atom. The zero-order valence-corrected chi connectivity index (χ0v) is 22.8. The van der Waals surface area contributed by atoms with Crippen LogP contribution in [-0.2, 0) is 33.8 Å². The number of aromatic nitrogens is 1. The predicted molar refractivity (Wildman–Crippen MR) is 146 cm³/mol. The Morgan fingerprint density at radius 1 is 1.22 bits per heavy atom. The van der Waals surface area contributed by atoms with E-state index in [1.54, 1.807) is 18.4 Å². The zero-order chi connectivity index (χ0) is 25.9. The summed E-state index contributed by atoms with van der Waals surface area (Å²) in [5, 5.41) is 6.42. The van der Waals surface area contributed by atoms with E-state index in [1.807, 2.05) is 6.07 Å². The van der Waals surface area contributed by atoms with Crippen molar-refractivity contribution < 1.29 is 19.0 Å². The van der Waals surface area contributed by atoms with Crippen molar-refractivity contribution in [3.05, 3.63) is 63.5 Å². The number of ether oxygens (including phenoxy) is 3. The minimum atomic E-state index is -0.177. The molecular formula is C29H35N3O4S. The summed E-state index contributed by atoms with van der Waals surface area (Å²) >= 11 is 1.58. The van der Waals surface area contributed by atoms with E-state index in [-0.39, 0.29) is 17.9 Å².